The molecule has 0 fully saturated rings. The van der Waals surface area contributed by atoms with Crippen LogP contribution in [0.4, 0.5) is 5.69 Å². The molecular formula is C20H19N3O6S. The van der Waals surface area contributed by atoms with Gasteiger partial charge in [-0.3, -0.25) is 19.7 Å². The summed E-state index contributed by atoms with van der Waals surface area (Å²) < 4.78 is 12.4. The van der Waals surface area contributed by atoms with Crippen molar-refractivity contribution in [3.8, 4) is 5.75 Å². The number of rotatable bonds is 6. The Morgan fingerprint density at radius 1 is 1.20 bits per heavy atom. The quantitative estimate of drug-likeness (QED) is 0.337. The number of nitro groups is 1. The number of aromatic nitrogens is 1. The summed E-state index contributed by atoms with van der Waals surface area (Å²) in [4.78, 5) is 39.5. The molecule has 2 aromatic carbocycles. The Morgan fingerprint density at radius 3 is 2.50 bits per heavy atom. The molecule has 0 unspecified atom stereocenters. The van der Waals surface area contributed by atoms with Gasteiger partial charge in [0.05, 0.1) is 28.4 Å². The molecule has 0 bridgehead atoms. The van der Waals surface area contributed by atoms with Crippen molar-refractivity contribution in [3.63, 3.8) is 0 Å². The minimum absolute atomic E-state index is 0.0103. The van der Waals surface area contributed by atoms with Gasteiger partial charge in [-0.2, -0.15) is 4.99 Å². The molecule has 1 heterocycles. The first-order valence-electron chi connectivity index (χ1n) is 8.99. The van der Waals surface area contributed by atoms with Crippen molar-refractivity contribution >= 4 is 39.1 Å². The minimum atomic E-state index is -0.565. The zero-order chi connectivity index (χ0) is 21.8. The van der Waals surface area contributed by atoms with Crippen molar-refractivity contribution in [1.82, 2.24) is 4.57 Å². The van der Waals surface area contributed by atoms with Crippen molar-refractivity contribution < 1.29 is 24.0 Å². The molecule has 1 amide bonds. The molecule has 0 radical (unpaired) electrons. The number of thiazole rings is 1. The highest BCUT2D eigenvalue weighted by Gasteiger charge is 2.16. The number of ether oxygens (including phenoxy) is 2. The molecule has 30 heavy (non-hydrogen) atoms. The van der Waals surface area contributed by atoms with E-state index in [1.54, 1.807) is 30.3 Å². The minimum Gasteiger partial charge on any atom is -0.491 e. The molecule has 3 rings (SSSR count). The predicted octanol–water partition coefficient (Wildman–Crippen LogP) is 3.31. The van der Waals surface area contributed by atoms with E-state index in [-0.39, 0.29) is 23.1 Å². The average molecular weight is 429 g/mol. The highest BCUT2D eigenvalue weighted by molar-refractivity contribution is 7.16. The van der Waals surface area contributed by atoms with Crippen LogP contribution in [0.25, 0.3) is 10.2 Å². The van der Waals surface area contributed by atoms with Gasteiger partial charge in [-0.05, 0) is 44.2 Å². The molecule has 0 aliphatic heterocycles. The zero-order valence-electron chi connectivity index (χ0n) is 16.5. The maximum atomic E-state index is 12.7. The Morgan fingerprint density at radius 2 is 1.90 bits per heavy atom. The monoisotopic (exact) mass is 429 g/mol. The standard InChI is InChI=1S/C20H19N3O6S/c1-12(2)29-15-7-4-13(5-8-15)19(25)21-20-22(11-18(24)28-3)16-10-14(23(26)27)6-9-17(16)30-20/h4-10,12H,11H2,1-3H3. The number of hydrogen-bond acceptors (Lipinski definition) is 7. The first-order chi connectivity index (χ1) is 14.3. The zero-order valence-corrected chi connectivity index (χ0v) is 17.3. The average Bonchev–Trinajstić information content (AvgIpc) is 3.04. The van der Waals surface area contributed by atoms with Crippen molar-refractivity contribution in [2.24, 2.45) is 4.99 Å². The summed E-state index contributed by atoms with van der Waals surface area (Å²) in [7, 11) is 1.24. The van der Waals surface area contributed by atoms with Gasteiger partial charge in [0, 0.05) is 17.7 Å². The van der Waals surface area contributed by atoms with Crippen LogP contribution in [0.15, 0.2) is 47.5 Å². The van der Waals surface area contributed by atoms with Crippen LogP contribution in [0.3, 0.4) is 0 Å². The number of fused-ring (bicyclic) bond motifs is 1. The second kappa shape index (κ2) is 8.87. The predicted molar refractivity (Wildman–Crippen MR) is 111 cm³/mol. The smallest absolute Gasteiger partial charge is 0.325 e. The number of methoxy groups -OCH3 is 1. The van der Waals surface area contributed by atoms with Gasteiger partial charge in [0.1, 0.15) is 12.3 Å². The topological polar surface area (TPSA) is 113 Å². The number of esters is 1. The van der Waals surface area contributed by atoms with E-state index in [2.05, 4.69) is 4.99 Å². The second-order valence-electron chi connectivity index (χ2n) is 6.56. The molecule has 1 aromatic heterocycles. The van der Waals surface area contributed by atoms with Crippen LogP contribution in [-0.2, 0) is 16.1 Å². The summed E-state index contributed by atoms with van der Waals surface area (Å²) >= 11 is 1.15. The van der Waals surface area contributed by atoms with Crippen LogP contribution in [0, 0.1) is 10.1 Å². The third-order valence-corrected chi connectivity index (χ3v) is 5.12. The third kappa shape index (κ3) is 4.71. The normalized spacial score (nSPS) is 11.7. The van der Waals surface area contributed by atoms with Gasteiger partial charge in [-0.25, -0.2) is 0 Å². The summed E-state index contributed by atoms with van der Waals surface area (Å²) in [5.41, 5.74) is 0.642. The van der Waals surface area contributed by atoms with E-state index in [4.69, 9.17) is 9.47 Å². The Labute approximate surface area is 175 Å². The molecule has 3 aromatic rings. The summed E-state index contributed by atoms with van der Waals surface area (Å²) in [5, 5.41) is 11.1. The van der Waals surface area contributed by atoms with Crippen LogP contribution in [0.1, 0.15) is 24.2 Å². The highest BCUT2D eigenvalue weighted by Crippen LogP contribution is 2.23. The highest BCUT2D eigenvalue weighted by atomic mass is 32.1. The van der Waals surface area contributed by atoms with E-state index >= 15 is 0 Å². The van der Waals surface area contributed by atoms with E-state index in [0.29, 0.717) is 21.5 Å². The van der Waals surface area contributed by atoms with Crippen molar-refractivity contribution in [3.05, 3.63) is 62.9 Å². The van der Waals surface area contributed by atoms with Gasteiger partial charge in [0.25, 0.3) is 11.6 Å². The molecule has 0 atom stereocenters. The van der Waals surface area contributed by atoms with E-state index in [9.17, 15) is 19.7 Å². The molecular weight excluding hydrogens is 410 g/mol. The number of amides is 1. The van der Waals surface area contributed by atoms with E-state index < -0.39 is 16.8 Å². The van der Waals surface area contributed by atoms with E-state index in [1.165, 1.54) is 23.8 Å². The van der Waals surface area contributed by atoms with Crippen LogP contribution in [-0.4, -0.2) is 34.6 Å². The molecule has 156 valence electrons. The Hall–Kier alpha value is -3.53. The molecule has 0 spiro atoms. The molecule has 0 saturated carbocycles. The number of non-ortho nitro benzene ring substituents is 1. The lowest BCUT2D eigenvalue weighted by Gasteiger charge is -2.09. The molecule has 0 N–H and O–H groups in total. The lowest BCUT2D eigenvalue weighted by molar-refractivity contribution is -0.384. The summed E-state index contributed by atoms with van der Waals surface area (Å²) in [6, 6.07) is 10.8. The summed E-state index contributed by atoms with van der Waals surface area (Å²) in [6.07, 6.45) is 0.0103. The fraction of sp³-hybridized carbons (Fsp3) is 0.250. The Bertz CT molecular complexity index is 1180. The molecule has 10 heteroatoms. The number of carbonyl (C=O) groups excluding carboxylic acids is 2. The van der Waals surface area contributed by atoms with Crippen molar-refractivity contribution in [2.45, 2.75) is 26.5 Å². The number of nitro benzene ring substituents is 1. The van der Waals surface area contributed by atoms with Gasteiger partial charge < -0.3 is 14.0 Å². The maximum Gasteiger partial charge on any atom is 0.325 e. The summed E-state index contributed by atoms with van der Waals surface area (Å²) in [5.74, 6) is -0.437. The first-order valence-corrected chi connectivity index (χ1v) is 9.80. The van der Waals surface area contributed by atoms with Gasteiger partial charge in [-0.1, -0.05) is 11.3 Å². The van der Waals surface area contributed by atoms with Gasteiger partial charge in [-0.15, -0.1) is 0 Å². The third-order valence-electron chi connectivity index (χ3n) is 4.06. The number of nitrogens with zero attached hydrogens (tertiary/aromatic N) is 3. The lowest BCUT2D eigenvalue weighted by atomic mass is 10.2. The lowest BCUT2D eigenvalue weighted by Crippen LogP contribution is -2.22. The van der Waals surface area contributed by atoms with Gasteiger partial charge >= 0.3 is 5.97 Å². The SMILES string of the molecule is COC(=O)Cn1c(=NC(=O)c2ccc(OC(C)C)cc2)sc2ccc([N+](=O)[O-])cc21. The van der Waals surface area contributed by atoms with Crippen LogP contribution < -0.4 is 9.54 Å². The summed E-state index contributed by atoms with van der Waals surface area (Å²) in [6.45, 7) is 3.57. The number of carbonyl (C=O) groups is 2. The first kappa shape index (κ1) is 21.2. The fourth-order valence-corrected chi connectivity index (χ4v) is 3.71. The van der Waals surface area contributed by atoms with Crippen LogP contribution >= 0.6 is 11.3 Å². The number of hydrogen-bond donors (Lipinski definition) is 0. The maximum absolute atomic E-state index is 12.7. The van der Waals surface area contributed by atoms with Crippen molar-refractivity contribution in [2.75, 3.05) is 7.11 Å². The van der Waals surface area contributed by atoms with Crippen molar-refractivity contribution in [1.29, 1.82) is 0 Å². The molecule has 9 nitrogen and oxygen atoms in total. The molecule has 0 saturated heterocycles. The molecule has 0 aliphatic carbocycles. The van der Waals surface area contributed by atoms with Crippen LogP contribution in [0.2, 0.25) is 0 Å². The van der Waals surface area contributed by atoms with Gasteiger partial charge in [0.2, 0.25) is 0 Å². The number of benzene rings is 2. The fourth-order valence-electron chi connectivity index (χ4n) is 2.70. The van der Waals surface area contributed by atoms with E-state index in [0.717, 1.165) is 11.3 Å². The van der Waals surface area contributed by atoms with Gasteiger partial charge in [0.15, 0.2) is 4.80 Å². The Kier molecular flexibility index (Phi) is 6.26. The second-order valence-corrected chi connectivity index (χ2v) is 7.57. The van der Waals surface area contributed by atoms with E-state index in [1.807, 2.05) is 13.8 Å². The Balaban J connectivity index is 2.05. The largest absolute Gasteiger partial charge is 0.491 e. The van der Waals surface area contributed by atoms with Crippen LogP contribution in [0.5, 0.6) is 5.75 Å². The molecule has 0 aliphatic rings.